The largest absolute Gasteiger partial charge is 0.494 e. The molecule has 0 radical (unpaired) electrons. The maximum absolute atomic E-state index is 14.2. The molecule has 0 saturated carbocycles. The molecular weight excluding hydrogens is 335 g/mol. The van der Waals surface area contributed by atoms with Gasteiger partial charge in [0.05, 0.1) is 19.6 Å². The highest BCUT2D eigenvalue weighted by atomic mass is 19.1. The number of carbonyl (C=O) groups excluding carboxylic acids is 1. The summed E-state index contributed by atoms with van der Waals surface area (Å²) in [4.78, 5) is 12.2. The molecule has 0 aromatic heterocycles. The van der Waals surface area contributed by atoms with Crippen LogP contribution in [-0.2, 0) is 17.6 Å². The first-order valence-corrected chi connectivity index (χ1v) is 8.91. The molecule has 1 heterocycles. The number of aryl methyl sites for hydroxylation is 1. The van der Waals surface area contributed by atoms with Gasteiger partial charge in [0.15, 0.2) is 11.5 Å². The van der Waals surface area contributed by atoms with Crippen molar-refractivity contribution in [2.45, 2.75) is 32.6 Å². The lowest BCUT2D eigenvalue weighted by Gasteiger charge is -2.24. The van der Waals surface area contributed by atoms with Crippen LogP contribution in [0.15, 0.2) is 36.4 Å². The van der Waals surface area contributed by atoms with Crippen molar-refractivity contribution in [3.05, 3.63) is 53.3 Å². The fraction of sp³-hybridized carbons (Fsp3) is 0.381. The van der Waals surface area contributed by atoms with E-state index in [1.54, 1.807) is 12.1 Å². The second kappa shape index (κ2) is 8.21. The topological polar surface area (TPSA) is 44.8 Å². The Morgan fingerprint density at radius 3 is 2.65 bits per heavy atom. The van der Waals surface area contributed by atoms with E-state index in [9.17, 15) is 9.18 Å². The van der Waals surface area contributed by atoms with Crippen molar-refractivity contribution < 1.29 is 23.4 Å². The van der Waals surface area contributed by atoms with Crippen LogP contribution in [-0.4, -0.2) is 19.7 Å². The van der Waals surface area contributed by atoms with Gasteiger partial charge in [0, 0.05) is 0 Å². The Labute approximate surface area is 152 Å². The van der Waals surface area contributed by atoms with E-state index in [0.717, 1.165) is 18.6 Å². The number of halogens is 1. The van der Waals surface area contributed by atoms with Crippen LogP contribution in [0, 0.1) is 11.7 Å². The van der Waals surface area contributed by atoms with E-state index in [1.807, 2.05) is 24.3 Å². The predicted octanol–water partition coefficient (Wildman–Crippen LogP) is 4.33. The minimum absolute atomic E-state index is 0.00198. The number of carbonyl (C=O) groups is 1. The van der Waals surface area contributed by atoms with Gasteiger partial charge in [-0.25, -0.2) is 0 Å². The van der Waals surface area contributed by atoms with Crippen LogP contribution in [0.4, 0.5) is 4.39 Å². The zero-order valence-corrected chi connectivity index (χ0v) is 15.1. The summed E-state index contributed by atoms with van der Waals surface area (Å²) in [5.41, 5.74) is 1.97. The van der Waals surface area contributed by atoms with Crippen molar-refractivity contribution >= 4 is 5.97 Å². The SMILES string of the molecule is CCc1ccc(OCCCC2Cc3ccc(OC)c(F)c3OC2=O)cc1. The number of fused-ring (bicyclic) bond motifs is 1. The number of esters is 1. The summed E-state index contributed by atoms with van der Waals surface area (Å²) in [5, 5.41) is 0. The first-order chi connectivity index (χ1) is 12.6. The molecule has 4 nitrogen and oxygen atoms in total. The lowest BCUT2D eigenvalue weighted by atomic mass is 9.92. The minimum Gasteiger partial charge on any atom is -0.494 e. The molecule has 3 rings (SSSR count). The van der Waals surface area contributed by atoms with Gasteiger partial charge in [0.2, 0.25) is 5.82 Å². The van der Waals surface area contributed by atoms with E-state index >= 15 is 0 Å². The lowest BCUT2D eigenvalue weighted by Crippen LogP contribution is -2.28. The van der Waals surface area contributed by atoms with E-state index < -0.39 is 11.8 Å². The molecule has 0 saturated heterocycles. The van der Waals surface area contributed by atoms with E-state index in [2.05, 4.69) is 6.92 Å². The Kier molecular flexibility index (Phi) is 5.76. The second-order valence-corrected chi connectivity index (χ2v) is 6.38. The van der Waals surface area contributed by atoms with Crippen LogP contribution >= 0.6 is 0 Å². The van der Waals surface area contributed by atoms with E-state index in [-0.39, 0.29) is 17.4 Å². The highest BCUT2D eigenvalue weighted by molar-refractivity contribution is 5.78. The second-order valence-electron chi connectivity index (χ2n) is 6.38. The van der Waals surface area contributed by atoms with Crippen LogP contribution < -0.4 is 14.2 Å². The molecule has 1 unspecified atom stereocenters. The van der Waals surface area contributed by atoms with E-state index in [0.29, 0.717) is 25.0 Å². The molecule has 0 bridgehead atoms. The van der Waals surface area contributed by atoms with Crippen molar-refractivity contribution in [3.8, 4) is 17.2 Å². The lowest BCUT2D eigenvalue weighted by molar-refractivity contribution is -0.140. The summed E-state index contributed by atoms with van der Waals surface area (Å²) in [6.07, 6.45) is 2.83. The summed E-state index contributed by atoms with van der Waals surface area (Å²) in [6, 6.07) is 11.3. The monoisotopic (exact) mass is 358 g/mol. The van der Waals surface area contributed by atoms with Gasteiger partial charge < -0.3 is 14.2 Å². The maximum Gasteiger partial charge on any atom is 0.314 e. The Morgan fingerprint density at radius 1 is 1.19 bits per heavy atom. The third-order valence-corrected chi connectivity index (χ3v) is 4.66. The van der Waals surface area contributed by atoms with Crippen molar-refractivity contribution in [2.24, 2.45) is 5.92 Å². The van der Waals surface area contributed by atoms with Crippen molar-refractivity contribution in [2.75, 3.05) is 13.7 Å². The molecule has 1 aliphatic heterocycles. The minimum atomic E-state index is -0.615. The van der Waals surface area contributed by atoms with Gasteiger partial charge in [-0.15, -0.1) is 0 Å². The Hall–Kier alpha value is -2.56. The van der Waals surface area contributed by atoms with E-state index in [1.165, 1.54) is 12.7 Å². The summed E-state index contributed by atoms with van der Waals surface area (Å²) >= 11 is 0. The molecule has 5 heteroatoms. The molecular formula is C21H23FO4. The third-order valence-electron chi connectivity index (χ3n) is 4.66. The highest BCUT2D eigenvalue weighted by Crippen LogP contribution is 2.36. The summed E-state index contributed by atoms with van der Waals surface area (Å²) in [7, 11) is 1.38. The van der Waals surface area contributed by atoms with Gasteiger partial charge >= 0.3 is 5.97 Å². The normalized spacial score (nSPS) is 16.0. The molecule has 1 atom stereocenters. The van der Waals surface area contributed by atoms with Crippen LogP contribution in [0.25, 0.3) is 0 Å². The molecule has 2 aromatic carbocycles. The number of methoxy groups -OCH3 is 1. The molecule has 2 aromatic rings. The summed E-state index contributed by atoms with van der Waals surface area (Å²) in [5.74, 6) is -0.378. The van der Waals surface area contributed by atoms with Gasteiger partial charge in [0.25, 0.3) is 0 Å². The third kappa shape index (κ3) is 3.98. The average Bonchev–Trinajstić information content (AvgIpc) is 2.67. The smallest absolute Gasteiger partial charge is 0.314 e. The molecule has 1 aliphatic rings. The average molecular weight is 358 g/mol. The highest BCUT2D eigenvalue weighted by Gasteiger charge is 2.31. The van der Waals surface area contributed by atoms with Crippen LogP contribution in [0.1, 0.15) is 30.9 Å². The van der Waals surface area contributed by atoms with E-state index in [4.69, 9.17) is 14.2 Å². The molecule has 0 N–H and O–H groups in total. The molecule has 0 aliphatic carbocycles. The van der Waals surface area contributed by atoms with Crippen molar-refractivity contribution in [3.63, 3.8) is 0 Å². The summed E-state index contributed by atoms with van der Waals surface area (Å²) < 4.78 is 30.1. The number of benzene rings is 2. The molecule has 0 fully saturated rings. The van der Waals surface area contributed by atoms with Gasteiger partial charge in [-0.2, -0.15) is 4.39 Å². The zero-order valence-electron chi connectivity index (χ0n) is 15.1. The van der Waals surface area contributed by atoms with Gasteiger partial charge in [-0.1, -0.05) is 25.1 Å². The standard InChI is InChI=1S/C21H23FO4/c1-3-14-6-9-17(10-7-14)25-12-4-5-16-13-15-8-11-18(24-2)19(22)20(15)26-21(16)23/h6-11,16H,3-5,12-13H2,1-2H3. The Bertz CT molecular complexity index is 770. The quantitative estimate of drug-likeness (QED) is 0.420. The number of hydrogen-bond acceptors (Lipinski definition) is 4. The Morgan fingerprint density at radius 2 is 1.96 bits per heavy atom. The number of rotatable bonds is 7. The first-order valence-electron chi connectivity index (χ1n) is 8.91. The maximum atomic E-state index is 14.2. The first kappa shape index (κ1) is 18.2. The van der Waals surface area contributed by atoms with Gasteiger partial charge in [0.1, 0.15) is 5.75 Å². The van der Waals surface area contributed by atoms with Crippen molar-refractivity contribution in [1.82, 2.24) is 0 Å². The van der Waals surface area contributed by atoms with Crippen LogP contribution in [0.2, 0.25) is 0 Å². The van der Waals surface area contributed by atoms with Crippen LogP contribution in [0.3, 0.4) is 0 Å². The fourth-order valence-corrected chi connectivity index (χ4v) is 3.10. The predicted molar refractivity (Wildman–Crippen MR) is 96.3 cm³/mol. The van der Waals surface area contributed by atoms with Crippen molar-refractivity contribution in [1.29, 1.82) is 0 Å². The molecule has 0 amide bonds. The summed E-state index contributed by atoms with van der Waals surface area (Å²) in [6.45, 7) is 2.64. The zero-order chi connectivity index (χ0) is 18.5. The molecule has 26 heavy (non-hydrogen) atoms. The molecule has 0 spiro atoms. The van der Waals surface area contributed by atoms with Gasteiger partial charge in [-0.3, -0.25) is 4.79 Å². The number of ether oxygens (including phenoxy) is 3. The molecule has 138 valence electrons. The number of hydrogen-bond donors (Lipinski definition) is 0. The Balaban J connectivity index is 1.52. The van der Waals surface area contributed by atoms with Gasteiger partial charge in [-0.05, 0) is 55.0 Å². The fourth-order valence-electron chi connectivity index (χ4n) is 3.10. The van der Waals surface area contributed by atoms with Crippen LogP contribution in [0.5, 0.6) is 17.2 Å².